The van der Waals surface area contributed by atoms with Crippen molar-refractivity contribution in [2.75, 3.05) is 6.54 Å². The van der Waals surface area contributed by atoms with Crippen molar-refractivity contribution < 1.29 is 0 Å². The van der Waals surface area contributed by atoms with E-state index in [0.29, 0.717) is 11.2 Å². The predicted octanol–water partition coefficient (Wildman–Crippen LogP) is 1.20. The lowest BCUT2D eigenvalue weighted by molar-refractivity contribution is 0.720. The molecule has 0 bridgehead atoms. The van der Waals surface area contributed by atoms with Gasteiger partial charge in [0, 0.05) is 29.8 Å². The van der Waals surface area contributed by atoms with E-state index in [0.717, 1.165) is 18.7 Å². The molecule has 1 aliphatic carbocycles. The van der Waals surface area contributed by atoms with Crippen LogP contribution >= 0.6 is 11.9 Å². The van der Waals surface area contributed by atoms with E-state index in [-0.39, 0.29) is 0 Å². The molecule has 0 amide bonds. The summed E-state index contributed by atoms with van der Waals surface area (Å²) in [5, 5.41) is 8.15. The van der Waals surface area contributed by atoms with Gasteiger partial charge in [-0.15, -0.1) is 0 Å². The SMILES string of the molecule is N=C1CC=CC2SNCC12. The molecule has 0 aromatic carbocycles. The Hall–Kier alpha value is -0.280. The fourth-order valence-corrected chi connectivity index (χ4v) is 2.49. The molecule has 2 nitrogen and oxygen atoms in total. The maximum absolute atomic E-state index is 7.61. The Labute approximate surface area is 64.7 Å². The molecule has 0 aromatic heterocycles. The Balaban J connectivity index is 2.22. The number of rotatable bonds is 0. The van der Waals surface area contributed by atoms with Gasteiger partial charge in [-0.1, -0.05) is 24.1 Å². The summed E-state index contributed by atoms with van der Waals surface area (Å²) in [4.78, 5) is 0. The van der Waals surface area contributed by atoms with Crippen molar-refractivity contribution >= 4 is 17.7 Å². The average molecular weight is 154 g/mol. The van der Waals surface area contributed by atoms with Gasteiger partial charge in [0.2, 0.25) is 0 Å². The summed E-state index contributed by atoms with van der Waals surface area (Å²) in [6.07, 6.45) is 5.18. The molecule has 1 saturated heterocycles. The van der Waals surface area contributed by atoms with Crippen molar-refractivity contribution in [3.63, 3.8) is 0 Å². The lowest BCUT2D eigenvalue weighted by atomic mass is 9.92. The summed E-state index contributed by atoms with van der Waals surface area (Å²) in [5.41, 5.74) is 0.894. The van der Waals surface area contributed by atoms with Gasteiger partial charge in [-0.05, 0) is 0 Å². The summed E-state index contributed by atoms with van der Waals surface area (Å²) >= 11 is 1.75. The van der Waals surface area contributed by atoms with E-state index >= 15 is 0 Å². The van der Waals surface area contributed by atoms with E-state index in [9.17, 15) is 0 Å². The van der Waals surface area contributed by atoms with Crippen molar-refractivity contribution in [3.05, 3.63) is 12.2 Å². The van der Waals surface area contributed by atoms with Crippen LogP contribution in [0.4, 0.5) is 0 Å². The van der Waals surface area contributed by atoms with Crippen LogP contribution in [0.2, 0.25) is 0 Å². The highest BCUT2D eigenvalue weighted by atomic mass is 32.2. The quantitative estimate of drug-likeness (QED) is 0.406. The first-order chi connectivity index (χ1) is 4.88. The number of hydrogen-bond acceptors (Lipinski definition) is 3. The Morgan fingerprint density at radius 2 is 2.60 bits per heavy atom. The normalized spacial score (nSPS) is 38.2. The van der Waals surface area contributed by atoms with Crippen LogP contribution in [-0.2, 0) is 0 Å². The number of nitrogens with one attached hydrogen (secondary N) is 2. The van der Waals surface area contributed by atoms with Crippen molar-refractivity contribution in [3.8, 4) is 0 Å². The zero-order chi connectivity index (χ0) is 6.97. The second kappa shape index (κ2) is 2.40. The first-order valence-electron chi connectivity index (χ1n) is 3.50. The monoisotopic (exact) mass is 154 g/mol. The van der Waals surface area contributed by atoms with E-state index in [1.54, 1.807) is 11.9 Å². The van der Waals surface area contributed by atoms with Crippen LogP contribution in [0.5, 0.6) is 0 Å². The fraction of sp³-hybridized carbons (Fsp3) is 0.571. The molecule has 2 rings (SSSR count). The molecule has 3 heteroatoms. The second-order valence-corrected chi connectivity index (χ2v) is 3.76. The molecule has 54 valence electrons. The molecule has 0 spiro atoms. The number of hydrogen-bond donors (Lipinski definition) is 2. The Morgan fingerprint density at radius 1 is 1.70 bits per heavy atom. The van der Waals surface area contributed by atoms with Gasteiger partial charge in [-0.2, -0.15) is 0 Å². The minimum atomic E-state index is 0.481. The molecule has 2 unspecified atom stereocenters. The molecule has 10 heavy (non-hydrogen) atoms. The van der Waals surface area contributed by atoms with Gasteiger partial charge in [0.25, 0.3) is 0 Å². The molecule has 1 aliphatic heterocycles. The summed E-state index contributed by atoms with van der Waals surface area (Å²) < 4.78 is 3.22. The lowest BCUT2D eigenvalue weighted by Gasteiger charge is -2.18. The minimum absolute atomic E-state index is 0.481. The Morgan fingerprint density at radius 3 is 3.40 bits per heavy atom. The van der Waals surface area contributed by atoms with Gasteiger partial charge in [0.05, 0.1) is 0 Å². The van der Waals surface area contributed by atoms with E-state index in [2.05, 4.69) is 16.9 Å². The van der Waals surface area contributed by atoms with Crippen molar-refractivity contribution in [2.45, 2.75) is 11.7 Å². The maximum Gasteiger partial charge on any atom is 0.0465 e. The maximum atomic E-state index is 7.61. The van der Waals surface area contributed by atoms with Crippen LogP contribution in [0, 0.1) is 11.3 Å². The van der Waals surface area contributed by atoms with Crippen LogP contribution in [0.15, 0.2) is 12.2 Å². The summed E-state index contributed by atoms with van der Waals surface area (Å²) in [6.45, 7) is 0.985. The fourth-order valence-electron chi connectivity index (χ4n) is 1.41. The third kappa shape index (κ3) is 0.896. The van der Waals surface area contributed by atoms with Gasteiger partial charge < -0.3 is 5.41 Å². The van der Waals surface area contributed by atoms with Crippen LogP contribution < -0.4 is 4.72 Å². The average Bonchev–Trinajstić information content (AvgIpc) is 2.36. The largest absolute Gasteiger partial charge is 0.309 e. The van der Waals surface area contributed by atoms with Crippen molar-refractivity contribution in [1.29, 1.82) is 5.41 Å². The van der Waals surface area contributed by atoms with Crippen LogP contribution in [0.3, 0.4) is 0 Å². The molecule has 1 fully saturated rings. The highest BCUT2D eigenvalue weighted by molar-refractivity contribution is 7.98. The van der Waals surface area contributed by atoms with Crippen LogP contribution in [0.1, 0.15) is 6.42 Å². The number of allylic oxidation sites excluding steroid dienone is 1. The molecule has 0 saturated carbocycles. The van der Waals surface area contributed by atoms with Gasteiger partial charge in [-0.3, -0.25) is 4.72 Å². The first kappa shape index (κ1) is 6.43. The zero-order valence-electron chi connectivity index (χ0n) is 5.63. The predicted molar refractivity (Wildman–Crippen MR) is 44.4 cm³/mol. The van der Waals surface area contributed by atoms with Gasteiger partial charge in [0.1, 0.15) is 0 Å². The Kier molecular flexibility index (Phi) is 1.54. The Bertz CT molecular complexity index is 188. The highest BCUT2D eigenvalue weighted by Gasteiger charge is 2.30. The van der Waals surface area contributed by atoms with Crippen LogP contribution in [0.25, 0.3) is 0 Å². The molecule has 2 N–H and O–H groups in total. The standard InChI is InChI=1S/C7H10N2S/c8-6-2-1-3-7-5(6)4-9-10-7/h1,3,5,7-9H,2,4H2. The molecule has 2 aliphatic rings. The van der Waals surface area contributed by atoms with E-state index < -0.39 is 0 Å². The van der Waals surface area contributed by atoms with Gasteiger partial charge >= 0.3 is 0 Å². The third-order valence-electron chi connectivity index (χ3n) is 2.03. The molecule has 0 aromatic rings. The summed E-state index contributed by atoms with van der Waals surface area (Å²) in [6, 6.07) is 0. The topological polar surface area (TPSA) is 35.9 Å². The van der Waals surface area contributed by atoms with Crippen molar-refractivity contribution in [1.82, 2.24) is 4.72 Å². The van der Waals surface area contributed by atoms with Gasteiger partial charge in [-0.25, -0.2) is 0 Å². The molecule has 0 radical (unpaired) electrons. The molecular weight excluding hydrogens is 144 g/mol. The van der Waals surface area contributed by atoms with E-state index in [1.165, 1.54) is 0 Å². The summed E-state index contributed by atoms with van der Waals surface area (Å²) in [7, 11) is 0. The molecule has 1 heterocycles. The van der Waals surface area contributed by atoms with E-state index in [4.69, 9.17) is 5.41 Å². The highest BCUT2D eigenvalue weighted by Crippen LogP contribution is 2.29. The first-order valence-corrected chi connectivity index (χ1v) is 4.38. The zero-order valence-corrected chi connectivity index (χ0v) is 6.45. The minimum Gasteiger partial charge on any atom is -0.309 e. The summed E-state index contributed by atoms with van der Waals surface area (Å²) in [5.74, 6) is 0.481. The smallest absolute Gasteiger partial charge is 0.0465 e. The van der Waals surface area contributed by atoms with Crippen LogP contribution in [-0.4, -0.2) is 17.5 Å². The second-order valence-electron chi connectivity index (χ2n) is 2.69. The van der Waals surface area contributed by atoms with Gasteiger partial charge in [0.15, 0.2) is 0 Å². The van der Waals surface area contributed by atoms with E-state index in [1.807, 2.05) is 0 Å². The van der Waals surface area contributed by atoms with Crippen molar-refractivity contribution in [2.24, 2.45) is 5.92 Å². The molecular formula is C7H10N2S. The lowest BCUT2D eigenvalue weighted by Crippen LogP contribution is -2.25. The third-order valence-corrected chi connectivity index (χ3v) is 3.12. The number of fused-ring (bicyclic) bond motifs is 1. The molecule has 2 atom stereocenters.